The highest BCUT2D eigenvalue weighted by Crippen LogP contribution is 2.58. The maximum absolute atomic E-state index is 13.2. The number of hydrogen-bond donors (Lipinski definition) is 2. The Labute approximate surface area is 176 Å². The van der Waals surface area contributed by atoms with Gasteiger partial charge in [0.15, 0.2) is 5.54 Å². The van der Waals surface area contributed by atoms with E-state index in [0.29, 0.717) is 0 Å². The van der Waals surface area contributed by atoms with Gasteiger partial charge in [0.05, 0.1) is 6.10 Å². The molecule has 30 heavy (non-hydrogen) atoms. The molecule has 2 aromatic carbocycles. The lowest BCUT2D eigenvalue weighted by molar-refractivity contribution is -0.131. The molecule has 5 heteroatoms. The van der Waals surface area contributed by atoms with Crippen LogP contribution < -0.4 is 10.6 Å². The average molecular weight is 400 g/mol. The Hall–Kier alpha value is -3.10. The van der Waals surface area contributed by atoms with Crippen molar-refractivity contribution in [2.45, 2.75) is 43.7 Å². The van der Waals surface area contributed by atoms with Gasteiger partial charge < -0.3 is 10.1 Å². The second-order valence-electron chi connectivity index (χ2n) is 8.54. The highest BCUT2D eigenvalue weighted by atomic mass is 16.5. The van der Waals surface area contributed by atoms with Crippen molar-refractivity contribution in [3.63, 3.8) is 0 Å². The number of carbonyl (C=O) groups is 2. The normalized spacial score (nSPS) is 29.3. The van der Waals surface area contributed by atoms with E-state index in [2.05, 4.69) is 28.5 Å². The lowest BCUT2D eigenvalue weighted by Crippen LogP contribution is -2.56. The summed E-state index contributed by atoms with van der Waals surface area (Å²) in [5.41, 5.74) is 2.44. The molecule has 0 aromatic heterocycles. The van der Waals surface area contributed by atoms with Crippen molar-refractivity contribution < 1.29 is 14.3 Å². The topological polar surface area (TPSA) is 67.4 Å². The van der Waals surface area contributed by atoms with Gasteiger partial charge in [-0.15, -0.1) is 0 Å². The van der Waals surface area contributed by atoms with Crippen LogP contribution in [0.15, 0.2) is 48.5 Å². The zero-order valence-electron chi connectivity index (χ0n) is 17.0. The van der Waals surface area contributed by atoms with Crippen LogP contribution in [0.1, 0.15) is 47.9 Å². The second kappa shape index (κ2) is 7.00. The van der Waals surface area contributed by atoms with E-state index in [1.165, 1.54) is 0 Å². The van der Waals surface area contributed by atoms with Gasteiger partial charge in [-0.25, -0.2) is 4.79 Å². The minimum absolute atomic E-state index is 0.212. The van der Waals surface area contributed by atoms with Gasteiger partial charge in [0.1, 0.15) is 0 Å². The van der Waals surface area contributed by atoms with Gasteiger partial charge in [0.2, 0.25) is 0 Å². The molecule has 0 bridgehead atoms. The quantitative estimate of drug-likeness (QED) is 0.570. The second-order valence-corrected chi connectivity index (χ2v) is 8.54. The van der Waals surface area contributed by atoms with Crippen molar-refractivity contribution in [2.24, 2.45) is 5.41 Å². The van der Waals surface area contributed by atoms with Crippen molar-refractivity contribution in [1.82, 2.24) is 10.6 Å². The van der Waals surface area contributed by atoms with Crippen LogP contribution in [0.4, 0.5) is 4.79 Å². The Bertz CT molecular complexity index is 1070. The molecular formula is C25H24N2O3. The van der Waals surface area contributed by atoms with Gasteiger partial charge in [-0.3, -0.25) is 10.1 Å². The van der Waals surface area contributed by atoms with Crippen LogP contribution in [0.3, 0.4) is 0 Å². The molecule has 5 rings (SSSR count). The number of ether oxygens (including phenoxy) is 1. The van der Waals surface area contributed by atoms with Crippen LogP contribution >= 0.6 is 0 Å². The first-order chi connectivity index (χ1) is 14.6. The number of methoxy groups -OCH3 is 1. The average Bonchev–Trinajstić information content (AvgIpc) is 3.22. The van der Waals surface area contributed by atoms with E-state index in [4.69, 9.17) is 4.74 Å². The lowest BCUT2D eigenvalue weighted by atomic mass is 9.61. The van der Waals surface area contributed by atoms with E-state index in [9.17, 15) is 9.59 Å². The summed E-state index contributed by atoms with van der Waals surface area (Å²) < 4.78 is 5.56. The van der Waals surface area contributed by atoms with Gasteiger partial charge in [-0.1, -0.05) is 36.1 Å². The van der Waals surface area contributed by atoms with Gasteiger partial charge in [-0.05, 0) is 67.5 Å². The smallest absolute Gasteiger partial charge is 0.322 e. The lowest BCUT2D eigenvalue weighted by Gasteiger charge is -2.46. The van der Waals surface area contributed by atoms with Gasteiger partial charge in [0.25, 0.3) is 5.91 Å². The van der Waals surface area contributed by atoms with Crippen LogP contribution in [-0.4, -0.2) is 25.2 Å². The van der Waals surface area contributed by atoms with Gasteiger partial charge in [0, 0.05) is 23.7 Å². The summed E-state index contributed by atoms with van der Waals surface area (Å²) >= 11 is 0. The largest absolute Gasteiger partial charge is 0.381 e. The highest BCUT2D eigenvalue weighted by molar-refractivity contribution is 6.08. The molecule has 1 atom stereocenters. The predicted octanol–water partition coefficient (Wildman–Crippen LogP) is 3.25. The number of hydrogen-bond acceptors (Lipinski definition) is 3. The maximum atomic E-state index is 13.2. The molecule has 152 valence electrons. The number of imide groups is 1. The van der Waals surface area contributed by atoms with Crippen LogP contribution in [0, 0.1) is 17.3 Å². The molecule has 2 spiro atoms. The third-order valence-corrected chi connectivity index (χ3v) is 7.05. The monoisotopic (exact) mass is 400 g/mol. The van der Waals surface area contributed by atoms with Crippen molar-refractivity contribution in [3.05, 3.63) is 70.8 Å². The molecule has 0 radical (unpaired) electrons. The molecule has 1 aliphatic heterocycles. The Kier molecular flexibility index (Phi) is 4.41. The minimum atomic E-state index is -1.03. The molecule has 2 aliphatic carbocycles. The first kappa shape index (κ1) is 18.9. The van der Waals surface area contributed by atoms with Crippen LogP contribution in [0.2, 0.25) is 0 Å². The molecule has 1 saturated heterocycles. The summed E-state index contributed by atoms with van der Waals surface area (Å²) in [6.07, 6.45) is 4.42. The summed E-state index contributed by atoms with van der Waals surface area (Å²) in [6.45, 7) is 0. The molecule has 1 unspecified atom stereocenters. The zero-order chi connectivity index (χ0) is 20.8. The summed E-state index contributed by atoms with van der Waals surface area (Å²) in [7, 11) is 1.74. The molecule has 5 nitrogen and oxygen atoms in total. The maximum Gasteiger partial charge on any atom is 0.322 e. The van der Waals surface area contributed by atoms with Crippen molar-refractivity contribution in [2.75, 3.05) is 7.11 Å². The van der Waals surface area contributed by atoms with Gasteiger partial charge in [-0.2, -0.15) is 0 Å². The van der Waals surface area contributed by atoms with Crippen molar-refractivity contribution in [1.29, 1.82) is 0 Å². The van der Waals surface area contributed by atoms with Crippen LogP contribution in [0.5, 0.6) is 0 Å². The number of nitrogens with one attached hydrogen (secondary N) is 2. The Morgan fingerprint density at radius 1 is 1.00 bits per heavy atom. The fraction of sp³-hybridized carbons (Fsp3) is 0.360. The summed E-state index contributed by atoms with van der Waals surface area (Å²) in [6, 6.07) is 15.5. The molecule has 2 aromatic rings. The molecule has 2 fully saturated rings. The molecule has 3 amide bonds. The fourth-order valence-electron chi connectivity index (χ4n) is 5.56. The van der Waals surface area contributed by atoms with E-state index in [-0.39, 0.29) is 17.4 Å². The number of urea groups is 1. The summed E-state index contributed by atoms with van der Waals surface area (Å²) in [5.74, 6) is 6.16. The Morgan fingerprint density at radius 3 is 2.40 bits per heavy atom. The number of benzene rings is 2. The van der Waals surface area contributed by atoms with Crippen LogP contribution in [-0.2, 0) is 21.5 Å². The SMILES string of the molecule is COC1CCC2(CC1)Cc1ccc(C#Cc3ccccc3)cc1C21NC(=O)NC1=O. The molecule has 3 aliphatic rings. The summed E-state index contributed by atoms with van der Waals surface area (Å²) in [5, 5.41) is 5.55. The van der Waals surface area contributed by atoms with Crippen LogP contribution in [0.25, 0.3) is 0 Å². The highest BCUT2D eigenvalue weighted by Gasteiger charge is 2.66. The minimum Gasteiger partial charge on any atom is -0.381 e. The standard InChI is InChI=1S/C25H24N2O3/c1-30-20-11-13-24(14-12-20)16-19-10-9-18(8-7-17-5-3-2-4-6-17)15-21(19)25(24)22(28)26-23(29)27-25/h2-6,9-10,15,20H,11-14,16H2,1H3,(H2,26,27,28,29). The van der Waals surface area contributed by atoms with Crippen molar-refractivity contribution >= 4 is 11.9 Å². The number of fused-ring (bicyclic) bond motifs is 3. The van der Waals surface area contributed by atoms with E-state index < -0.39 is 11.6 Å². The van der Waals surface area contributed by atoms with E-state index in [1.807, 2.05) is 42.5 Å². The number of amides is 3. The first-order valence-electron chi connectivity index (χ1n) is 10.4. The Balaban J connectivity index is 1.57. The molecule has 1 saturated carbocycles. The van der Waals surface area contributed by atoms with Crippen molar-refractivity contribution in [3.8, 4) is 11.8 Å². The first-order valence-corrected chi connectivity index (χ1v) is 10.4. The zero-order valence-corrected chi connectivity index (χ0v) is 17.0. The van der Waals surface area contributed by atoms with Gasteiger partial charge >= 0.3 is 6.03 Å². The fourth-order valence-corrected chi connectivity index (χ4v) is 5.56. The Morgan fingerprint density at radius 2 is 1.73 bits per heavy atom. The predicted molar refractivity (Wildman–Crippen MR) is 113 cm³/mol. The number of rotatable bonds is 1. The van der Waals surface area contributed by atoms with E-state index >= 15 is 0 Å². The van der Waals surface area contributed by atoms with E-state index in [0.717, 1.165) is 54.4 Å². The summed E-state index contributed by atoms with van der Waals surface area (Å²) in [4.78, 5) is 25.5. The molecule has 2 N–H and O–H groups in total. The van der Waals surface area contributed by atoms with E-state index in [1.54, 1.807) is 7.11 Å². The third kappa shape index (κ3) is 2.75. The number of carbonyl (C=O) groups excluding carboxylic acids is 2. The third-order valence-electron chi connectivity index (χ3n) is 7.05. The molecular weight excluding hydrogens is 376 g/mol. The molecule has 1 heterocycles.